The van der Waals surface area contributed by atoms with E-state index in [-0.39, 0.29) is 6.61 Å². The van der Waals surface area contributed by atoms with Gasteiger partial charge in [-0.25, -0.2) is 0 Å². The molecule has 3 nitrogen and oxygen atoms in total. The number of ether oxygens (including phenoxy) is 1. The van der Waals surface area contributed by atoms with Crippen LogP contribution in [-0.2, 0) is 6.61 Å². The zero-order chi connectivity index (χ0) is 12.5. The summed E-state index contributed by atoms with van der Waals surface area (Å²) >= 11 is 0. The molecule has 2 aromatic rings. The van der Waals surface area contributed by atoms with Gasteiger partial charge in [-0.1, -0.05) is 32.0 Å². The Kier molecular flexibility index (Phi) is 5.75. The number of aromatic nitrogens is 1. The van der Waals surface area contributed by atoms with Gasteiger partial charge in [-0.15, -0.1) is 0 Å². The van der Waals surface area contributed by atoms with Gasteiger partial charge < -0.3 is 9.84 Å². The Labute approximate surface area is 102 Å². The van der Waals surface area contributed by atoms with Crippen molar-refractivity contribution in [2.45, 2.75) is 20.5 Å². The molecule has 2 rings (SSSR count). The van der Waals surface area contributed by atoms with Gasteiger partial charge in [0.1, 0.15) is 11.5 Å². The van der Waals surface area contributed by atoms with Gasteiger partial charge in [0.15, 0.2) is 0 Å². The molecule has 0 saturated heterocycles. The number of rotatable bonds is 3. The van der Waals surface area contributed by atoms with E-state index in [1.807, 2.05) is 38.1 Å². The summed E-state index contributed by atoms with van der Waals surface area (Å²) in [6, 6.07) is 10.9. The second-order valence-electron chi connectivity index (χ2n) is 3.05. The third-order valence-electron chi connectivity index (χ3n) is 2.02. The minimum absolute atomic E-state index is 0.0265. The van der Waals surface area contributed by atoms with Crippen LogP contribution in [0.2, 0.25) is 0 Å². The third kappa shape index (κ3) is 3.89. The van der Waals surface area contributed by atoms with Gasteiger partial charge in [-0.05, 0) is 18.2 Å². The predicted octanol–water partition coefficient (Wildman–Crippen LogP) is 3.39. The maximum Gasteiger partial charge on any atom is 0.132 e. The van der Waals surface area contributed by atoms with Crippen molar-refractivity contribution in [3.8, 4) is 11.5 Å². The summed E-state index contributed by atoms with van der Waals surface area (Å²) in [5, 5.41) is 9.10. The highest BCUT2D eigenvalue weighted by Crippen LogP contribution is 2.24. The zero-order valence-corrected chi connectivity index (χ0v) is 10.1. The van der Waals surface area contributed by atoms with Gasteiger partial charge in [0.2, 0.25) is 0 Å². The molecule has 0 unspecified atom stereocenters. The van der Waals surface area contributed by atoms with Crippen LogP contribution >= 0.6 is 0 Å². The highest BCUT2D eigenvalue weighted by atomic mass is 16.5. The standard InChI is InChI=1S/C12H11NO2.C2H6/c14-9-10-3-1-2-4-12(10)15-11-5-7-13-8-6-11;1-2/h1-8,14H,9H2;1-2H3. The molecule has 0 saturated carbocycles. The van der Waals surface area contributed by atoms with Gasteiger partial charge >= 0.3 is 0 Å². The van der Waals surface area contributed by atoms with Gasteiger partial charge in [0.05, 0.1) is 6.61 Å². The number of benzene rings is 1. The van der Waals surface area contributed by atoms with E-state index in [1.165, 1.54) is 0 Å². The van der Waals surface area contributed by atoms with Crippen LogP contribution in [0.4, 0.5) is 0 Å². The Morgan fingerprint density at radius 3 is 2.35 bits per heavy atom. The fraction of sp³-hybridized carbons (Fsp3) is 0.214. The lowest BCUT2D eigenvalue weighted by Gasteiger charge is -2.08. The fourth-order valence-electron chi connectivity index (χ4n) is 1.27. The van der Waals surface area contributed by atoms with Crippen molar-refractivity contribution >= 4 is 0 Å². The quantitative estimate of drug-likeness (QED) is 0.880. The monoisotopic (exact) mass is 231 g/mol. The molecule has 0 atom stereocenters. The number of hydrogen-bond donors (Lipinski definition) is 1. The molecular weight excluding hydrogens is 214 g/mol. The van der Waals surface area contributed by atoms with E-state index >= 15 is 0 Å². The normalized spacial score (nSPS) is 9.12. The van der Waals surface area contributed by atoms with Crippen LogP contribution in [0.1, 0.15) is 19.4 Å². The fourth-order valence-corrected chi connectivity index (χ4v) is 1.27. The maximum atomic E-state index is 9.10. The lowest BCUT2D eigenvalue weighted by Crippen LogP contribution is -1.90. The van der Waals surface area contributed by atoms with Crippen molar-refractivity contribution < 1.29 is 9.84 Å². The van der Waals surface area contributed by atoms with Gasteiger partial charge in [-0.3, -0.25) is 4.98 Å². The van der Waals surface area contributed by atoms with E-state index in [0.29, 0.717) is 11.5 Å². The van der Waals surface area contributed by atoms with E-state index < -0.39 is 0 Å². The first-order chi connectivity index (χ1) is 8.40. The van der Waals surface area contributed by atoms with Crippen LogP contribution in [0.3, 0.4) is 0 Å². The Morgan fingerprint density at radius 1 is 1.06 bits per heavy atom. The van der Waals surface area contributed by atoms with Crippen LogP contribution in [0.5, 0.6) is 11.5 Å². The van der Waals surface area contributed by atoms with Crippen molar-refractivity contribution in [2.75, 3.05) is 0 Å². The largest absolute Gasteiger partial charge is 0.457 e. The van der Waals surface area contributed by atoms with Crippen molar-refractivity contribution in [1.29, 1.82) is 0 Å². The number of aliphatic hydroxyl groups is 1. The number of para-hydroxylation sites is 1. The van der Waals surface area contributed by atoms with E-state index in [0.717, 1.165) is 5.56 Å². The molecule has 0 aliphatic heterocycles. The first kappa shape index (κ1) is 13.2. The molecule has 1 aromatic carbocycles. The Balaban J connectivity index is 0.000000686. The third-order valence-corrected chi connectivity index (χ3v) is 2.02. The van der Waals surface area contributed by atoms with Crippen LogP contribution in [0, 0.1) is 0 Å². The molecule has 0 aliphatic rings. The van der Waals surface area contributed by atoms with E-state index in [4.69, 9.17) is 9.84 Å². The van der Waals surface area contributed by atoms with Gasteiger partial charge in [0, 0.05) is 18.0 Å². The smallest absolute Gasteiger partial charge is 0.132 e. The highest BCUT2D eigenvalue weighted by molar-refractivity contribution is 5.36. The summed E-state index contributed by atoms with van der Waals surface area (Å²) in [4.78, 5) is 3.90. The second-order valence-corrected chi connectivity index (χ2v) is 3.05. The molecule has 3 heteroatoms. The highest BCUT2D eigenvalue weighted by Gasteiger charge is 2.02. The summed E-state index contributed by atoms with van der Waals surface area (Å²) < 4.78 is 5.60. The molecule has 90 valence electrons. The average molecular weight is 231 g/mol. The van der Waals surface area contributed by atoms with Crippen LogP contribution < -0.4 is 4.74 Å². The molecular formula is C14H17NO2. The van der Waals surface area contributed by atoms with Crippen LogP contribution in [0.25, 0.3) is 0 Å². The number of pyridine rings is 1. The lowest BCUT2D eigenvalue weighted by molar-refractivity contribution is 0.276. The topological polar surface area (TPSA) is 42.4 Å². The van der Waals surface area contributed by atoms with E-state index in [9.17, 15) is 0 Å². The maximum absolute atomic E-state index is 9.10. The van der Waals surface area contributed by atoms with Crippen LogP contribution in [0.15, 0.2) is 48.8 Å². The molecule has 1 heterocycles. The summed E-state index contributed by atoms with van der Waals surface area (Å²) in [5.41, 5.74) is 0.773. The minimum Gasteiger partial charge on any atom is -0.457 e. The number of nitrogens with zero attached hydrogens (tertiary/aromatic N) is 1. The van der Waals surface area contributed by atoms with Crippen molar-refractivity contribution in [2.24, 2.45) is 0 Å². The van der Waals surface area contributed by atoms with Crippen molar-refractivity contribution in [3.05, 3.63) is 54.4 Å². The molecule has 0 amide bonds. The Bertz CT molecular complexity index is 429. The molecule has 1 N–H and O–H groups in total. The summed E-state index contributed by atoms with van der Waals surface area (Å²) in [7, 11) is 0. The Hall–Kier alpha value is -1.87. The first-order valence-electron chi connectivity index (χ1n) is 5.67. The number of aliphatic hydroxyl groups excluding tert-OH is 1. The van der Waals surface area contributed by atoms with E-state index in [2.05, 4.69) is 4.98 Å². The lowest BCUT2D eigenvalue weighted by atomic mass is 10.2. The molecule has 1 aromatic heterocycles. The minimum atomic E-state index is -0.0265. The number of hydrogen-bond acceptors (Lipinski definition) is 3. The van der Waals surface area contributed by atoms with Gasteiger partial charge in [0.25, 0.3) is 0 Å². The summed E-state index contributed by atoms with van der Waals surface area (Å²) in [5.74, 6) is 1.39. The van der Waals surface area contributed by atoms with Crippen molar-refractivity contribution in [1.82, 2.24) is 4.98 Å². The van der Waals surface area contributed by atoms with Gasteiger partial charge in [-0.2, -0.15) is 0 Å². The molecule has 0 bridgehead atoms. The average Bonchev–Trinajstić information content (AvgIpc) is 2.43. The molecule has 0 radical (unpaired) electrons. The zero-order valence-electron chi connectivity index (χ0n) is 10.1. The first-order valence-corrected chi connectivity index (χ1v) is 5.67. The molecule has 0 fully saturated rings. The van der Waals surface area contributed by atoms with Crippen molar-refractivity contribution in [3.63, 3.8) is 0 Å². The molecule has 0 spiro atoms. The van der Waals surface area contributed by atoms with Crippen LogP contribution in [-0.4, -0.2) is 10.1 Å². The Morgan fingerprint density at radius 2 is 1.71 bits per heavy atom. The molecule has 0 aliphatic carbocycles. The molecule has 17 heavy (non-hydrogen) atoms. The second kappa shape index (κ2) is 7.41. The summed E-state index contributed by atoms with van der Waals surface area (Å²) in [6.07, 6.45) is 3.33. The SMILES string of the molecule is CC.OCc1ccccc1Oc1ccncc1. The summed E-state index contributed by atoms with van der Waals surface area (Å²) in [6.45, 7) is 3.97. The van der Waals surface area contributed by atoms with E-state index in [1.54, 1.807) is 24.5 Å². The predicted molar refractivity (Wildman–Crippen MR) is 68.0 cm³/mol.